The van der Waals surface area contributed by atoms with E-state index in [1.54, 1.807) is 6.07 Å². The molecule has 21 heavy (non-hydrogen) atoms. The number of aromatic nitrogens is 2. The SMILES string of the molecule is CC(CCN(C)C)n1c(CCCl)nc2cc(F)c(Cl)cc21. The molecule has 1 aromatic heterocycles. The molecule has 0 N–H and O–H groups in total. The maximum absolute atomic E-state index is 13.6. The molecule has 1 aromatic carbocycles. The largest absolute Gasteiger partial charge is 0.325 e. The van der Waals surface area contributed by atoms with Crippen molar-refractivity contribution in [2.45, 2.75) is 25.8 Å². The van der Waals surface area contributed by atoms with Gasteiger partial charge in [0.2, 0.25) is 0 Å². The molecular formula is C15H20Cl2FN3. The van der Waals surface area contributed by atoms with Crippen molar-refractivity contribution in [3.05, 3.63) is 28.8 Å². The van der Waals surface area contributed by atoms with Gasteiger partial charge in [-0.25, -0.2) is 9.37 Å². The molecule has 0 fully saturated rings. The van der Waals surface area contributed by atoms with E-state index in [1.807, 2.05) is 14.1 Å². The second-order valence-corrected chi connectivity index (χ2v) is 6.32. The van der Waals surface area contributed by atoms with E-state index in [9.17, 15) is 4.39 Å². The zero-order valence-corrected chi connectivity index (χ0v) is 14.0. The van der Waals surface area contributed by atoms with Crippen LogP contribution in [-0.4, -0.2) is 41.0 Å². The van der Waals surface area contributed by atoms with Gasteiger partial charge in [0.25, 0.3) is 0 Å². The van der Waals surface area contributed by atoms with Crippen LogP contribution in [-0.2, 0) is 6.42 Å². The van der Waals surface area contributed by atoms with Gasteiger partial charge in [0.05, 0.1) is 16.1 Å². The minimum Gasteiger partial charge on any atom is -0.325 e. The molecule has 0 bridgehead atoms. The number of aryl methyl sites for hydroxylation is 1. The highest BCUT2D eigenvalue weighted by Crippen LogP contribution is 2.28. The number of imidazole rings is 1. The van der Waals surface area contributed by atoms with Gasteiger partial charge in [0, 0.05) is 24.4 Å². The summed E-state index contributed by atoms with van der Waals surface area (Å²) in [4.78, 5) is 6.66. The van der Waals surface area contributed by atoms with Gasteiger partial charge in [0.15, 0.2) is 0 Å². The third kappa shape index (κ3) is 3.68. The molecule has 0 amide bonds. The Labute approximate surface area is 134 Å². The molecule has 116 valence electrons. The van der Waals surface area contributed by atoms with E-state index in [2.05, 4.69) is 21.4 Å². The van der Waals surface area contributed by atoms with Gasteiger partial charge in [-0.05, 0) is 40.1 Å². The Morgan fingerprint density at radius 1 is 1.38 bits per heavy atom. The number of hydrogen-bond acceptors (Lipinski definition) is 2. The molecule has 2 rings (SSSR count). The van der Waals surface area contributed by atoms with E-state index in [0.29, 0.717) is 17.8 Å². The van der Waals surface area contributed by atoms with Crippen LogP contribution in [0, 0.1) is 5.82 Å². The van der Waals surface area contributed by atoms with Crippen molar-refractivity contribution in [2.75, 3.05) is 26.5 Å². The van der Waals surface area contributed by atoms with Crippen LogP contribution in [0.25, 0.3) is 11.0 Å². The lowest BCUT2D eigenvalue weighted by atomic mass is 10.2. The van der Waals surface area contributed by atoms with Crippen LogP contribution in [0.3, 0.4) is 0 Å². The third-order valence-corrected chi connectivity index (χ3v) is 4.04. The summed E-state index contributed by atoms with van der Waals surface area (Å²) in [7, 11) is 4.09. The molecular weight excluding hydrogens is 312 g/mol. The summed E-state index contributed by atoms with van der Waals surface area (Å²) in [6.07, 6.45) is 1.63. The number of alkyl halides is 1. The fourth-order valence-electron chi connectivity index (χ4n) is 2.47. The van der Waals surface area contributed by atoms with Crippen LogP contribution >= 0.6 is 23.2 Å². The monoisotopic (exact) mass is 331 g/mol. The van der Waals surface area contributed by atoms with Crippen molar-refractivity contribution in [2.24, 2.45) is 0 Å². The fraction of sp³-hybridized carbons (Fsp3) is 0.533. The summed E-state index contributed by atoms with van der Waals surface area (Å²) < 4.78 is 15.7. The summed E-state index contributed by atoms with van der Waals surface area (Å²) in [6, 6.07) is 3.30. The lowest BCUT2D eigenvalue weighted by molar-refractivity contribution is 0.357. The van der Waals surface area contributed by atoms with Crippen molar-refractivity contribution in [3.63, 3.8) is 0 Å². The van der Waals surface area contributed by atoms with Gasteiger partial charge < -0.3 is 9.47 Å². The fourth-order valence-corrected chi connectivity index (χ4v) is 2.79. The average Bonchev–Trinajstić information content (AvgIpc) is 2.74. The predicted molar refractivity (Wildman–Crippen MR) is 87.0 cm³/mol. The second-order valence-electron chi connectivity index (χ2n) is 5.53. The van der Waals surface area contributed by atoms with E-state index >= 15 is 0 Å². The second kappa shape index (κ2) is 6.95. The molecule has 3 nitrogen and oxygen atoms in total. The highest BCUT2D eigenvalue weighted by atomic mass is 35.5. The maximum atomic E-state index is 13.6. The molecule has 0 aliphatic heterocycles. The molecule has 1 atom stereocenters. The van der Waals surface area contributed by atoms with Crippen LogP contribution in [0.2, 0.25) is 5.02 Å². The molecule has 0 radical (unpaired) electrons. The number of halogens is 3. The Balaban J connectivity index is 2.47. The van der Waals surface area contributed by atoms with E-state index < -0.39 is 5.82 Å². The first-order chi connectivity index (χ1) is 9.93. The summed E-state index contributed by atoms with van der Waals surface area (Å²) in [5, 5.41) is 0.126. The number of rotatable bonds is 6. The first kappa shape index (κ1) is 16.5. The van der Waals surface area contributed by atoms with Crippen LogP contribution in [0.1, 0.15) is 25.2 Å². The summed E-state index contributed by atoms with van der Waals surface area (Å²) in [5.41, 5.74) is 1.50. The Kier molecular flexibility index (Phi) is 5.47. The molecule has 0 aliphatic rings. The Morgan fingerprint density at radius 2 is 2.10 bits per heavy atom. The Bertz CT molecular complexity index is 625. The number of nitrogens with zero attached hydrogens (tertiary/aromatic N) is 3. The maximum Gasteiger partial charge on any atom is 0.144 e. The minimum atomic E-state index is -0.438. The molecule has 0 spiro atoms. The molecule has 6 heteroatoms. The highest BCUT2D eigenvalue weighted by Gasteiger charge is 2.17. The average molecular weight is 332 g/mol. The van der Waals surface area contributed by atoms with Crippen molar-refractivity contribution in [1.82, 2.24) is 14.5 Å². The van der Waals surface area contributed by atoms with E-state index in [4.69, 9.17) is 23.2 Å². The smallest absolute Gasteiger partial charge is 0.144 e. The number of benzene rings is 1. The van der Waals surface area contributed by atoms with Gasteiger partial charge in [-0.2, -0.15) is 0 Å². The quantitative estimate of drug-likeness (QED) is 0.742. The Morgan fingerprint density at radius 3 is 2.71 bits per heavy atom. The lowest BCUT2D eigenvalue weighted by Gasteiger charge is -2.19. The van der Waals surface area contributed by atoms with E-state index in [1.165, 1.54) is 6.07 Å². The zero-order chi connectivity index (χ0) is 15.6. The van der Waals surface area contributed by atoms with E-state index in [0.717, 1.165) is 24.3 Å². The van der Waals surface area contributed by atoms with E-state index in [-0.39, 0.29) is 11.1 Å². The molecule has 0 saturated heterocycles. The van der Waals surface area contributed by atoms with Crippen molar-refractivity contribution in [3.8, 4) is 0 Å². The number of hydrogen-bond donors (Lipinski definition) is 0. The van der Waals surface area contributed by atoms with Crippen LogP contribution in [0.15, 0.2) is 12.1 Å². The van der Waals surface area contributed by atoms with Gasteiger partial charge >= 0.3 is 0 Å². The molecule has 2 aromatic rings. The van der Waals surface area contributed by atoms with Crippen molar-refractivity contribution < 1.29 is 4.39 Å². The van der Waals surface area contributed by atoms with Crippen molar-refractivity contribution in [1.29, 1.82) is 0 Å². The normalized spacial score (nSPS) is 13.3. The lowest BCUT2D eigenvalue weighted by Crippen LogP contribution is -2.18. The topological polar surface area (TPSA) is 21.1 Å². The van der Waals surface area contributed by atoms with Crippen LogP contribution < -0.4 is 0 Å². The van der Waals surface area contributed by atoms with Crippen LogP contribution in [0.5, 0.6) is 0 Å². The predicted octanol–water partition coefficient (Wildman–Crippen LogP) is 4.12. The highest BCUT2D eigenvalue weighted by molar-refractivity contribution is 6.31. The van der Waals surface area contributed by atoms with Crippen molar-refractivity contribution >= 4 is 34.2 Å². The first-order valence-corrected chi connectivity index (χ1v) is 7.91. The number of fused-ring (bicyclic) bond motifs is 1. The molecule has 1 heterocycles. The van der Waals surface area contributed by atoms with Gasteiger partial charge in [-0.1, -0.05) is 11.6 Å². The molecule has 0 saturated carbocycles. The van der Waals surface area contributed by atoms with Gasteiger partial charge in [-0.3, -0.25) is 0 Å². The minimum absolute atomic E-state index is 0.126. The Hall–Kier alpha value is -0.840. The van der Waals surface area contributed by atoms with Gasteiger partial charge in [-0.15, -0.1) is 11.6 Å². The zero-order valence-electron chi connectivity index (χ0n) is 12.5. The standard InChI is InChI=1S/C15H20Cl2FN3/c1-10(5-7-20(2)3)21-14-8-11(17)12(18)9-13(14)19-15(21)4-6-16/h8-10H,4-7H2,1-3H3. The van der Waals surface area contributed by atoms with Gasteiger partial charge in [0.1, 0.15) is 11.6 Å². The third-order valence-electron chi connectivity index (χ3n) is 3.56. The first-order valence-electron chi connectivity index (χ1n) is 7.00. The summed E-state index contributed by atoms with van der Waals surface area (Å²) >= 11 is 11.8. The molecule has 0 aliphatic carbocycles. The summed E-state index contributed by atoms with van der Waals surface area (Å²) in [5.74, 6) is 0.931. The van der Waals surface area contributed by atoms with Crippen LogP contribution in [0.4, 0.5) is 4.39 Å². The summed E-state index contributed by atoms with van der Waals surface area (Å²) in [6.45, 7) is 3.11. The molecule has 1 unspecified atom stereocenters.